The first-order valence-electron chi connectivity index (χ1n) is 8.84. The van der Waals surface area contributed by atoms with Gasteiger partial charge in [-0.25, -0.2) is 4.39 Å². The number of nitrogens with zero attached hydrogens (tertiary/aromatic N) is 1. The number of ether oxygens (including phenoxy) is 1. The number of likely N-dealkylation sites (N-methyl/N-ethyl adjacent to an activating group) is 1. The number of anilines is 1. The van der Waals surface area contributed by atoms with Crippen LogP contribution in [0.25, 0.3) is 10.9 Å². The molecule has 0 aliphatic rings. The minimum absolute atomic E-state index is 0.106. The fourth-order valence-electron chi connectivity index (χ4n) is 2.78. The van der Waals surface area contributed by atoms with Crippen LogP contribution in [0.1, 0.15) is 23.0 Å². The van der Waals surface area contributed by atoms with Crippen LogP contribution >= 0.6 is 0 Å². The summed E-state index contributed by atoms with van der Waals surface area (Å²) in [6, 6.07) is 12.6. The summed E-state index contributed by atoms with van der Waals surface area (Å²) in [7, 11) is 0. The van der Waals surface area contributed by atoms with Gasteiger partial charge in [0.15, 0.2) is 6.61 Å². The van der Waals surface area contributed by atoms with Crippen LogP contribution in [0.2, 0.25) is 0 Å². The van der Waals surface area contributed by atoms with Gasteiger partial charge in [0.05, 0.1) is 11.1 Å². The van der Waals surface area contributed by atoms with Crippen LogP contribution in [0, 0.1) is 12.7 Å². The lowest BCUT2D eigenvalue weighted by atomic mass is 10.1. The number of rotatable bonds is 6. The average molecular weight is 381 g/mol. The maximum absolute atomic E-state index is 13.5. The smallest absolute Gasteiger partial charge is 0.257 e. The van der Waals surface area contributed by atoms with Crippen molar-refractivity contribution in [3.8, 4) is 5.75 Å². The van der Waals surface area contributed by atoms with Crippen molar-refractivity contribution in [2.45, 2.75) is 13.8 Å². The van der Waals surface area contributed by atoms with Crippen molar-refractivity contribution in [1.82, 2.24) is 10.3 Å². The van der Waals surface area contributed by atoms with Gasteiger partial charge < -0.3 is 15.4 Å². The van der Waals surface area contributed by atoms with E-state index in [0.29, 0.717) is 40.1 Å². The molecule has 1 heterocycles. The Labute approximate surface area is 161 Å². The number of aromatic nitrogens is 1. The van der Waals surface area contributed by atoms with Crippen molar-refractivity contribution in [1.29, 1.82) is 0 Å². The zero-order valence-corrected chi connectivity index (χ0v) is 15.6. The molecule has 28 heavy (non-hydrogen) atoms. The van der Waals surface area contributed by atoms with Crippen LogP contribution in [0.4, 0.5) is 10.1 Å². The number of benzene rings is 2. The Kier molecular flexibility index (Phi) is 5.84. The highest BCUT2D eigenvalue weighted by molar-refractivity contribution is 6.12. The predicted molar refractivity (Wildman–Crippen MR) is 105 cm³/mol. The van der Waals surface area contributed by atoms with E-state index < -0.39 is 5.82 Å². The Morgan fingerprint density at radius 3 is 2.75 bits per heavy atom. The lowest BCUT2D eigenvalue weighted by Gasteiger charge is -2.11. The van der Waals surface area contributed by atoms with Crippen LogP contribution in [0.15, 0.2) is 48.5 Å². The van der Waals surface area contributed by atoms with E-state index in [4.69, 9.17) is 4.74 Å². The summed E-state index contributed by atoms with van der Waals surface area (Å²) >= 11 is 0. The van der Waals surface area contributed by atoms with Crippen LogP contribution in [0.5, 0.6) is 5.75 Å². The molecular weight excluding hydrogens is 361 g/mol. The molecular formula is C21H20FN3O3. The van der Waals surface area contributed by atoms with Crippen molar-refractivity contribution in [2.75, 3.05) is 18.5 Å². The fourth-order valence-corrected chi connectivity index (χ4v) is 2.78. The van der Waals surface area contributed by atoms with E-state index in [9.17, 15) is 14.0 Å². The molecule has 144 valence electrons. The third-order valence-electron chi connectivity index (χ3n) is 3.98. The largest absolute Gasteiger partial charge is 0.484 e. The highest BCUT2D eigenvalue weighted by Crippen LogP contribution is 2.22. The number of amides is 2. The summed E-state index contributed by atoms with van der Waals surface area (Å²) < 4.78 is 18.9. The molecule has 0 radical (unpaired) electrons. The molecule has 3 rings (SSSR count). The Bertz CT molecular complexity index is 1030. The Balaban J connectivity index is 1.79. The highest BCUT2D eigenvalue weighted by atomic mass is 19.1. The topological polar surface area (TPSA) is 80.3 Å². The van der Waals surface area contributed by atoms with Crippen LogP contribution in [-0.2, 0) is 4.79 Å². The zero-order chi connectivity index (χ0) is 20.1. The molecule has 0 fully saturated rings. The zero-order valence-electron chi connectivity index (χ0n) is 15.6. The number of nitrogens with one attached hydrogen (secondary N) is 2. The van der Waals surface area contributed by atoms with E-state index in [1.165, 1.54) is 18.2 Å². The molecule has 0 spiro atoms. The Morgan fingerprint density at radius 2 is 1.96 bits per heavy atom. The molecule has 1 aromatic heterocycles. The van der Waals surface area contributed by atoms with Gasteiger partial charge in [-0.05, 0) is 44.2 Å². The number of halogens is 1. The van der Waals surface area contributed by atoms with Crippen LogP contribution in [-0.4, -0.2) is 29.9 Å². The molecule has 0 saturated carbocycles. The van der Waals surface area contributed by atoms with E-state index in [0.717, 1.165) is 0 Å². The van der Waals surface area contributed by atoms with Crippen molar-refractivity contribution in [3.63, 3.8) is 0 Å². The number of hydrogen-bond donors (Lipinski definition) is 2. The van der Waals surface area contributed by atoms with Gasteiger partial charge in [0.2, 0.25) is 0 Å². The second-order valence-corrected chi connectivity index (χ2v) is 6.20. The average Bonchev–Trinajstić information content (AvgIpc) is 2.66. The minimum Gasteiger partial charge on any atom is -0.484 e. The SMILES string of the molecule is CCNC(=O)COc1cccc(NC(=O)c2cc(C)nc3cc(F)ccc23)c1. The van der Waals surface area contributed by atoms with E-state index in [2.05, 4.69) is 15.6 Å². The van der Waals surface area contributed by atoms with Crippen molar-refractivity contribution in [2.24, 2.45) is 0 Å². The lowest BCUT2D eigenvalue weighted by molar-refractivity contribution is -0.122. The number of carbonyl (C=O) groups excluding carboxylic acids is 2. The summed E-state index contributed by atoms with van der Waals surface area (Å²) in [4.78, 5) is 28.6. The molecule has 7 heteroatoms. The number of fused-ring (bicyclic) bond motifs is 1. The maximum atomic E-state index is 13.5. The number of pyridine rings is 1. The second-order valence-electron chi connectivity index (χ2n) is 6.20. The van der Waals surface area contributed by atoms with E-state index in [1.807, 2.05) is 6.92 Å². The normalized spacial score (nSPS) is 10.5. The van der Waals surface area contributed by atoms with Crippen LogP contribution < -0.4 is 15.4 Å². The molecule has 2 N–H and O–H groups in total. The van der Waals surface area contributed by atoms with E-state index in [1.54, 1.807) is 37.3 Å². The van der Waals surface area contributed by atoms with Gasteiger partial charge in [-0.2, -0.15) is 0 Å². The maximum Gasteiger partial charge on any atom is 0.257 e. The molecule has 0 bridgehead atoms. The molecule has 0 aliphatic carbocycles. The fraction of sp³-hybridized carbons (Fsp3) is 0.190. The van der Waals surface area contributed by atoms with Crippen molar-refractivity contribution in [3.05, 3.63) is 65.6 Å². The first kappa shape index (κ1) is 19.3. The van der Waals surface area contributed by atoms with Gasteiger partial charge in [0.25, 0.3) is 11.8 Å². The van der Waals surface area contributed by atoms with E-state index >= 15 is 0 Å². The van der Waals surface area contributed by atoms with Gasteiger partial charge in [-0.15, -0.1) is 0 Å². The van der Waals surface area contributed by atoms with Gasteiger partial charge in [0.1, 0.15) is 11.6 Å². The molecule has 0 atom stereocenters. The lowest BCUT2D eigenvalue weighted by Crippen LogP contribution is -2.28. The number of hydrogen-bond acceptors (Lipinski definition) is 4. The quantitative estimate of drug-likeness (QED) is 0.685. The standard InChI is InChI=1S/C21H20FN3O3/c1-3-23-20(26)12-28-16-6-4-5-15(11-16)25-21(27)18-9-13(2)24-19-10-14(22)7-8-17(18)19/h4-11H,3,12H2,1-2H3,(H,23,26)(H,25,27). The first-order chi connectivity index (χ1) is 13.5. The highest BCUT2D eigenvalue weighted by Gasteiger charge is 2.13. The summed E-state index contributed by atoms with van der Waals surface area (Å²) in [5.41, 5.74) is 1.95. The summed E-state index contributed by atoms with van der Waals surface area (Å²) in [5, 5.41) is 6.01. The van der Waals surface area contributed by atoms with E-state index in [-0.39, 0.29) is 18.4 Å². The molecule has 3 aromatic rings. The van der Waals surface area contributed by atoms with Crippen molar-refractivity contribution < 1.29 is 18.7 Å². The van der Waals surface area contributed by atoms with Crippen LogP contribution in [0.3, 0.4) is 0 Å². The monoisotopic (exact) mass is 381 g/mol. The van der Waals surface area contributed by atoms with Gasteiger partial charge in [-0.3, -0.25) is 14.6 Å². The third-order valence-corrected chi connectivity index (χ3v) is 3.98. The first-order valence-corrected chi connectivity index (χ1v) is 8.84. The molecule has 0 saturated heterocycles. The molecule has 0 aliphatic heterocycles. The minimum atomic E-state index is -0.408. The number of aryl methyl sites for hydroxylation is 1. The molecule has 2 aromatic carbocycles. The summed E-state index contributed by atoms with van der Waals surface area (Å²) in [6.45, 7) is 4.00. The summed E-state index contributed by atoms with van der Waals surface area (Å²) in [6.07, 6.45) is 0. The number of carbonyl (C=O) groups is 2. The molecule has 0 unspecified atom stereocenters. The third kappa shape index (κ3) is 4.62. The van der Waals surface area contributed by atoms with Gasteiger partial charge in [0, 0.05) is 35.4 Å². The Hall–Kier alpha value is -3.48. The van der Waals surface area contributed by atoms with Gasteiger partial charge >= 0.3 is 0 Å². The summed E-state index contributed by atoms with van der Waals surface area (Å²) in [5.74, 6) is -0.512. The van der Waals surface area contributed by atoms with Crippen molar-refractivity contribution >= 4 is 28.4 Å². The van der Waals surface area contributed by atoms with Gasteiger partial charge in [-0.1, -0.05) is 6.07 Å². The molecule has 2 amide bonds. The Morgan fingerprint density at radius 1 is 1.14 bits per heavy atom. The second kappa shape index (κ2) is 8.47. The molecule has 6 nitrogen and oxygen atoms in total. The predicted octanol–water partition coefficient (Wildman–Crippen LogP) is 3.45.